The minimum Gasteiger partial charge on any atom is -0.463 e. The zero-order chi connectivity index (χ0) is 19.7. The summed E-state index contributed by atoms with van der Waals surface area (Å²) in [5, 5.41) is 0. The highest BCUT2D eigenvalue weighted by Crippen LogP contribution is 2.40. The predicted octanol–water partition coefficient (Wildman–Crippen LogP) is 3.28. The Bertz CT molecular complexity index is 704. The number of rotatable bonds is 2. The first-order valence-corrected chi connectivity index (χ1v) is 8.23. The van der Waals surface area contributed by atoms with E-state index in [0.29, 0.717) is 5.56 Å². The smallest absolute Gasteiger partial charge is 0.410 e. The van der Waals surface area contributed by atoms with Crippen molar-refractivity contribution in [2.75, 3.05) is 13.7 Å². The van der Waals surface area contributed by atoms with Gasteiger partial charge in [0.2, 0.25) is 5.82 Å². The third kappa shape index (κ3) is 4.64. The van der Waals surface area contributed by atoms with Crippen molar-refractivity contribution in [3.05, 3.63) is 23.3 Å². The van der Waals surface area contributed by atoms with E-state index < -0.39 is 42.5 Å². The van der Waals surface area contributed by atoms with Gasteiger partial charge in [0.25, 0.3) is 5.92 Å². The summed E-state index contributed by atoms with van der Waals surface area (Å²) in [5.41, 5.74) is -0.0843. The van der Waals surface area contributed by atoms with E-state index in [9.17, 15) is 18.4 Å². The summed E-state index contributed by atoms with van der Waals surface area (Å²) in [6.07, 6.45) is -0.411. The Kier molecular flexibility index (Phi) is 5.48. The monoisotopic (exact) mass is 371 g/mol. The fourth-order valence-corrected chi connectivity index (χ4v) is 2.70. The first kappa shape index (κ1) is 20.0. The Morgan fingerprint density at radius 2 is 2.00 bits per heavy atom. The number of nitrogens with zero attached hydrogens (tertiary/aromatic N) is 3. The summed E-state index contributed by atoms with van der Waals surface area (Å²) in [4.78, 5) is 33.4. The molecule has 1 atom stereocenters. The van der Waals surface area contributed by atoms with Gasteiger partial charge in [-0.15, -0.1) is 0 Å². The number of alkyl halides is 2. The number of esters is 1. The van der Waals surface area contributed by atoms with Crippen molar-refractivity contribution in [2.45, 2.75) is 58.1 Å². The molecule has 1 amide bonds. The number of piperidine rings is 1. The number of carbonyl (C=O) groups excluding carboxylic acids is 2. The second-order valence-corrected chi connectivity index (χ2v) is 7.25. The first-order chi connectivity index (χ1) is 11.9. The normalized spacial score (nSPS) is 19.8. The van der Waals surface area contributed by atoms with Crippen LogP contribution in [0.3, 0.4) is 0 Å². The van der Waals surface area contributed by atoms with Crippen molar-refractivity contribution in [3.8, 4) is 0 Å². The molecule has 26 heavy (non-hydrogen) atoms. The zero-order valence-corrected chi connectivity index (χ0v) is 15.5. The highest BCUT2D eigenvalue weighted by molar-refractivity contribution is 5.85. The molecule has 0 bridgehead atoms. The molecule has 1 unspecified atom stereocenters. The summed E-state index contributed by atoms with van der Waals surface area (Å²) in [6.45, 7) is 6.55. The van der Waals surface area contributed by atoms with Gasteiger partial charge in [-0.2, -0.15) is 0 Å². The molecule has 1 aromatic heterocycles. The van der Waals surface area contributed by atoms with E-state index in [1.165, 1.54) is 18.2 Å². The molecule has 7 nitrogen and oxygen atoms in total. The summed E-state index contributed by atoms with van der Waals surface area (Å²) in [7, 11) is 1.17. The first-order valence-electron chi connectivity index (χ1n) is 8.23. The van der Waals surface area contributed by atoms with Crippen LogP contribution in [0.1, 0.15) is 61.5 Å². The molecular formula is C17H23F2N3O4. The molecule has 1 aromatic rings. The van der Waals surface area contributed by atoms with Crippen molar-refractivity contribution < 1.29 is 27.8 Å². The molecule has 1 fully saturated rings. The molecule has 144 valence electrons. The minimum absolute atomic E-state index is 0.177. The van der Waals surface area contributed by atoms with Gasteiger partial charge in [0.15, 0.2) is 0 Å². The van der Waals surface area contributed by atoms with Crippen molar-refractivity contribution >= 4 is 12.1 Å². The molecule has 0 N–H and O–H groups in total. The Hall–Kier alpha value is -2.32. The van der Waals surface area contributed by atoms with Crippen molar-refractivity contribution in [1.82, 2.24) is 14.9 Å². The van der Waals surface area contributed by atoms with E-state index >= 15 is 0 Å². The summed E-state index contributed by atoms with van der Waals surface area (Å²) in [6, 6.07) is -1.03. The molecule has 0 saturated carbocycles. The number of aromatic nitrogens is 2. The number of halogens is 2. The van der Waals surface area contributed by atoms with E-state index in [-0.39, 0.29) is 18.1 Å². The zero-order valence-electron chi connectivity index (χ0n) is 15.5. The van der Waals surface area contributed by atoms with Gasteiger partial charge in [0, 0.05) is 25.6 Å². The highest BCUT2D eigenvalue weighted by atomic mass is 19.3. The van der Waals surface area contributed by atoms with Crippen LogP contribution in [0.4, 0.5) is 13.6 Å². The average molecular weight is 371 g/mol. The Morgan fingerprint density at radius 3 is 2.58 bits per heavy atom. The predicted molar refractivity (Wildman–Crippen MR) is 88.0 cm³/mol. The third-order valence-corrected chi connectivity index (χ3v) is 3.91. The Balaban J connectivity index is 2.43. The van der Waals surface area contributed by atoms with Gasteiger partial charge in [0.05, 0.1) is 18.8 Å². The van der Waals surface area contributed by atoms with Gasteiger partial charge in [-0.05, 0) is 33.3 Å². The van der Waals surface area contributed by atoms with E-state index in [4.69, 9.17) is 4.74 Å². The highest BCUT2D eigenvalue weighted by Gasteiger charge is 2.45. The van der Waals surface area contributed by atoms with Crippen LogP contribution in [0.15, 0.2) is 6.20 Å². The Labute approximate surface area is 150 Å². The fraction of sp³-hybridized carbons (Fsp3) is 0.647. The number of amides is 1. The van der Waals surface area contributed by atoms with Crippen molar-refractivity contribution in [2.24, 2.45) is 0 Å². The fourth-order valence-electron chi connectivity index (χ4n) is 2.70. The lowest BCUT2D eigenvalue weighted by molar-refractivity contribution is -0.0817. The summed E-state index contributed by atoms with van der Waals surface area (Å²) in [5.74, 6) is -3.98. The van der Waals surface area contributed by atoms with E-state index in [1.807, 2.05) is 0 Å². The van der Waals surface area contributed by atoms with Crippen LogP contribution >= 0.6 is 0 Å². The van der Waals surface area contributed by atoms with E-state index in [1.54, 1.807) is 27.7 Å². The largest absolute Gasteiger partial charge is 0.463 e. The molecule has 0 aliphatic carbocycles. The summed E-state index contributed by atoms with van der Waals surface area (Å²) >= 11 is 0. The van der Waals surface area contributed by atoms with Gasteiger partial charge >= 0.3 is 12.1 Å². The molecule has 0 radical (unpaired) electrons. The number of ether oxygens (including phenoxy) is 2. The maximum absolute atomic E-state index is 14.1. The lowest BCUT2D eigenvalue weighted by Gasteiger charge is -2.39. The quantitative estimate of drug-likeness (QED) is 0.742. The lowest BCUT2D eigenvalue weighted by atomic mass is 9.94. The van der Waals surface area contributed by atoms with Crippen LogP contribution in [0.5, 0.6) is 0 Å². The van der Waals surface area contributed by atoms with Gasteiger partial charge < -0.3 is 9.47 Å². The lowest BCUT2D eigenvalue weighted by Crippen LogP contribution is -2.47. The molecule has 2 heterocycles. The third-order valence-electron chi connectivity index (χ3n) is 3.91. The molecule has 0 aromatic carbocycles. The number of hydrogen-bond donors (Lipinski definition) is 0. The number of likely N-dealkylation sites (tertiary alicyclic amines) is 1. The van der Waals surface area contributed by atoms with Crippen molar-refractivity contribution in [1.29, 1.82) is 0 Å². The van der Waals surface area contributed by atoms with Gasteiger partial charge in [-0.25, -0.2) is 28.3 Å². The van der Waals surface area contributed by atoms with Crippen molar-refractivity contribution in [3.63, 3.8) is 0 Å². The number of methoxy groups -OCH3 is 1. The Morgan fingerprint density at radius 1 is 1.35 bits per heavy atom. The van der Waals surface area contributed by atoms with Crippen LogP contribution in [0.25, 0.3) is 0 Å². The van der Waals surface area contributed by atoms with E-state index in [2.05, 4.69) is 14.7 Å². The molecule has 1 saturated heterocycles. The average Bonchev–Trinajstić information content (AvgIpc) is 2.52. The molecule has 2 rings (SSSR count). The van der Waals surface area contributed by atoms with Gasteiger partial charge in [0.1, 0.15) is 5.60 Å². The van der Waals surface area contributed by atoms with E-state index in [0.717, 1.165) is 0 Å². The molecule has 1 aliphatic heterocycles. The van der Waals surface area contributed by atoms with Crippen LogP contribution in [-0.2, 0) is 9.47 Å². The number of hydrogen-bond acceptors (Lipinski definition) is 6. The van der Waals surface area contributed by atoms with Crippen LogP contribution in [0.2, 0.25) is 0 Å². The summed E-state index contributed by atoms with van der Waals surface area (Å²) < 4.78 is 38.0. The number of aryl methyl sites for hydroxylation is 1. The molecule has 9 heteroatoms. The van der Waals surface area contributed by atoms with Crippen LogP contribution < -0.4 is 0 Å². The second kappa shape index (κ2) is 7.13. The van der Waals surface area contributed by atoms with Gasteiger partial charge in [-0.3, -0.25) is 4.90 Å². The number of carbonyl (C=O) groups is 2. The molecule has 0 spiro atoms. The SMILES string of the molecule is COC(=O)c1ncc(C)c(C2CC(F)(F)CCN2C(=O)OC(C)(C)C)n1. The van der Waals surface area contributed by atoms with Crippen LogP contribution in [-0.4, -0.2) is 52.1 Å². The topological polar surface area (TPSA) is 81.6 Å². The maximum atomic E-state index is 14.1. The standard InChI is InChI=1S/C17H23F2N3O4/c1-10-9-20-13(14(23)25-5)21-12(10)11-8-17(18,19)6-7-22(11)15(24)26-16(2,3)4/h9,11H,6-8H2,1-5H3. The second-order valence-electron chi connectivity index (χ2n) is 7.25. The minimum atomic E-state index is -2.95. The van der Waals surface area contributed by atoms with Gasteiger partial charge in [-0.1, -0.05) is 0 Å². The molecular weight excluding hydrogens is 348 g/mol. The maximum Gasteiger partial charge on any atom is 0.410 e. The molecule has 1 aliphatic rings. The van der Waals surface area contributed by atoms with Crippen LogP contribution in [0, 0.1) is 6.92 Å².